The van der Waals surface area contributed by atoms with Crippen LogP contribution in [0.3, 0.4) is 0 Å². The Kier molecular flexibility index (Phi) is 7.31. The van der Waals surface area contributed by atoms with E-state index in [1.54, 1.807) is 0 Å². The molecule has 27 heavy (non-hydrogen) atoms. The molecular formula is C22H38O4Si. The zero-order chi connectivity index (χ0) is 20.3. The second-order valence-electron chi connectivity index (χ2n) is 9.64. The Bertz CT molecular complexity index is 580. The molecule has 1 aromatic carbocycles. The van der Waals surface area contributed by atoms with Crippen molar-refractivity contribution in [2.75, 3.05) is 6.61 Å². The van der Waals surface area contributed by atoms with Gasteiger partial charge in [-0.15, -0.1) is 0 Å². The van der Waals surface area contributed by atoms with E-state index in [0.29, 0.717) is 13.2 Å². The lowest BCUT2D eigenvalue weighted by Gasteiger charge is -2.39. The fourth-order valence-corrected chi connectivity index (χ4v) is 4.63. The SMILES string of the molecule is CC(CC1OC(C)(C)OC1COCc1ccccc1)O[Si](C)(C)C(C)(C)C. The van der Waals surface area contributed by atoms with Crippen LogP contribution in [0, 0.1) is 0 Å². The van der Waals surface area contributed by atoms with Crippen molar-refractivity contribution in [3.05, 3.63) is 35.9 Å². The van der Waals surface area contributed by atoms with Crippen LogP contribution in [0.2, 0.25) is 18.1 Å². The molecule has 1 saturated heterocycles. The summed E-state index contributed by atoms with van der Waals surface area (Å²) in [4.78, 5) is 0. The van der Waals surface area contributed by atoms with Gasteiger partial charge in [-0.05, 0) is 44.5 Å². The standard InChI is InChI=1S/C22H38O4Si/c1-17(26-27(7,8)21(2,3)4)14-19-20(25-22(5,6)24-19)16-23-15-18-12-10-9-11-13-18/h9-13,17,19-20H,14-16H2,1-8H3. The lowest BCUT2D eigenvalue weighted by Crippen LogP contribution is -2.44. The summed E-state index contributed by atoms with van der Waals surface area (Å²) in [6.45, 7) is 18.6. The van der Waals surface area contributed by atoms with Gasteiger partial charge in [-0.3, -0.25) is 0 Å². The number of rotatable bonds is 8. The monoisotopic (exact) mass is 394 g/mol. The first-order valence-corrected chi connectivity index (χ1v) is 13.0. The van der Waals surface area contributed by atoms with Crippen molar-refractivity contribution in [3.63, 3.8) is 0 Å². The molecular weight excluding hydrogens is 356 g/mol. The van der Waals surface area contributed by atoms with Crippen LogP contribution in [0.1, 0.15) is 53.5 Å². The largest absolute Gasteiger partial charge is 0.414 e. The van der Waals surface area contributed by atoms with Crippen molar-refractivity contribution in [2.24, 2.45) is 0 Å². The predicted octanol–water partition coefficient (Wildman–Crippen LogP) is 5.52. The summed E-state index contributed by atoms with van der Waals surface area (Å²) in [6, 6.07) is 10.2. The number of ether oxygens (including phenoxy) is 3. The molecule has 2 rings (SSSR count). The second kappa shape index (κ2) is 8.74. The normalized spacial score (nSPS) is 24.1. The summed E-state index contributed by atoms with van der Waals surface area (Å²) in [5, 5.41) is 0.200. The first-order valence-electron chi connectivity index (χ1n) is 10.0. The van der Waals surface area contributed by atoms with Crippen LogP contribution >= 0.6 is 0 Å². The molecule has 3 atom stereocenters. The molecule has 1 aliphatic rings. The molecule has 0 spiro atoms. The fraction of sp³-hybridized carbons (Fsp3) is 0.727. The van der Waals surface area contributed by atoms with E-state index in [4.69, 9.17) is 18.6 Å². The maximum absolute atomic E-state index is 6.52. The first-order chi connectivity index (χ1) is 12.4. The van der Waals surface area contributed by atoms with Gasteiger partial charge in [-0.1, -0.05) is 51.1 Å². The maximum atomic E-state index is 6.52. The lowest BCUT2D eigenvalue weighted by atomic mass is 10.1. The van der Waals surface area contributed by atoms with Crippen molar-refractivity contribution in [2.45, 2.75) is 96.8 Å². The third-order valence-corrected chi connectivity index (χ3v) is 10.1. The van der Waals surface area contributed by atoms with Crippen molar-refractivity contribution in [1.29, 1.82) is 0 Å². The third kappa shape index (κ3) is 6.68. The number of hydrogen-bond acceptors (Lipinski definition) is 4. The first kappa shape index (κ1) is 22.6. The fourth-order valence-electron chi connectivity index (χ4n) is 3.17. The minimum Gasteiger partial charge on any atom is -0.414 e. The summed E-state index contributed by atoms with van der Waals surface area (Å²) in [6.07, 6.45) is 0.852. The molecule has 0 radical (unpaired) electrons. The molecule has 3 unspecified atom stereocenters. The number of hydrogen-bond donors (Lipinski definition) is 0. The van der Waals surface area contributed by atoms with E-state index < -0.39 is 14.1 Å². The Morgan fingerprint density at radius 3 is 2.26 bits per heavy atom. The van der Waals surface area contributed by atoms with E-state index in [1.807, 2.05) is 32.0 Å². The minimum absolute atomic E-state index is 0.0180. The average molecular weight is 395 g/mol. The zero-order valence-electron chi connectivity index (χ0n) is 18.4. The molecule has 0 aromatic heterocycles. The highest BCUT2D eigenvalue weighted by Gasteiger charge is 2.44. The van der Waals surface area contributed by atoms with Gasteiger partial charge in [0.15, 0.2) is 14.1 Å². The molecule has 154 valence electrons. The van der Waals surface area contributed by atoms with E-state index in [0.717, 1.165) is 6.42 Å². The van der Waals surface area contributed by atoms with Crippen LogP contribution < -0.4 is 0 Å². The summed E-state index contributed by atoms with van der Waals surface area (Å²) in [7, 11) is -1.79. The van der Waals surface area contributed by atoms with E-state index in [-0.39, 0.29) is 23.4 Å². The molecule has 1 aliphatic heterocycles. The predicted molar refractivity (Wildman–Crippen MR) is 112 cm³/mol. The zero-order valence-corrected chi connectivity index (χ0v) is 19.4. The van der Waals surface area contributed by atoms with Gasteiger partial charge in [0, 0.05) is 12.5 Å². The van der Waals surface area contributed by atoms with Gasteiger partial charge in [0.25, 0.3) is 0 Å². The molecule has 5 heteroatoms. The van der Waals surface area contributed by atoms with Crippen LogP contribution in [0.4, 0.5) is 0 Å². The summed E-state index contributed by atoms with van der Waals surface area (Å²) < 4.78 is 24.7. The lowest BCUT2D eigenvalue weighted by molar-refractivity contribution is -0.152. The Labute approximate surface area is 166 Å². The quantitative estimate of drug-likeness (QED) is 0.544. The summed E-state index contributed by atoms with van der Waals surface area (Å²) >= 11 is 0. The molecule has 0 N–H and O–H groups in total. The van der Waals surface area contributed by atoms with Crippen molar-refractivity contribution >= 4 is 8.32 Å². The van der Waals surface area contributed by atoms with E-state index in [1.165, 1.54) is 5.56 Å². The average Bonchev–Trinajstić information content (AvgIpc) is 2.80. The Balaban J connectivity index is 1.90. The van der Waals surface area contributed by atoms with Crippen LogP contribution in [0.25, 0.3) is 0 Å². The molecule has 0 aliphatic carbocycles. The van der Waals surface area contributed by atoms with Gasteiger partial charge in [-0.25, -0.2) is 0 Å². The van der Waals surface area contributed by atoms with E-state index >= 15 is 0 Å². The maximum Gasteiger partial charge on any atom is 0.192 e. The van der Waals surface area contributed by atoms with Crippen LogP contribution in [0.15, 0.2) is 30.3 Å². The smallest absolute Gasteiger partial charge is 0.192 e. The van der Waals surface area contributed by atoms with E-state index in [9.17, 15) is 0 Å². The minimum atomic E-state index is -1.79. The topological polar surface area (TPSA) is 36.9 Å². The van der Waals surface area contributed by atoms with Gasteiger partial charge in [0.1, 0.15) is 6.10 Å². The highest BCUT2D eigenvalue weighted by Crippen LogP contribution is 2.38. The van der Waals surface area contributed by atoms with Crippen molar-refractivity contribution < 1.29 is 18.6 Å². The van der Waals surface area contributed by atoms with Gasteiger partial charge in [0.2, 0.25) is 0 Å². The van der Waals surface area contributed by atoms with Crippen molar-refractivity contribution in [3.8, 4) is 0 Å². The van der Waals surface area contributed by atoms with Crippen LogP contribution in [-0.2, 0) is 25.2 Å². The molecule has 1 fully saturated rings. The van der Waals surface area contributed by atoms with Crippen LogP contribution in [0.5, 0.6) is 0 Å². The van der Waals surface area contributed by atoms with Gasteiger partial charge < -0.3 is 18.6 Å². The van der Waals surface area contributed by atoms with Gasteiger partial charge >= 0.3 is 0 Å². The molecule has 0 amide bonds. The molecule has 0 saturated carbocycles. The Hall–Kier alpha value is -0.723. The summed E-state index contributed by atoms with van der Waals surface area (Å²) in [5.41, 5.74) is 1.17. The molecule has 0 bridgehead atoms. The second-order valence-corrected chi connectivity index (χ2v) is 14.4. The highest BCUT2D eigenvalue weighted by atomic mass is 28.4. The molecule has 1 heterocycles. The number of benzene rings is 1. The Morgan fingerprint density at radius 2 is 1.67 bits per heavy atom. The Morgan fingerprint density at radius 1 is 1.07 bits per heavy atom. The molecule has 1 aromatic rings. The van der Waals surface area contributed by atoms with Gasteiger partial charge in [0.05, 0.1) is 19.3 Å². The van der Waals surface area contributed by atoms with E-state index in [2.05, 4.69) is 52.9 Å². The third-order valence-electron chi connectivity index (χ3n) is 5.54. The summed E-state index contributed by atoms with van der Waals surface area (Å²) in [5.74, 6) is -0.581. The van der Waals surface area contributed by atoms with Crippen LogP contribution in [-0.4, -0.2) is 39.0 Å². The highest BCUT2D eigenvalue weighted by molar-refractivity contribution is 6.74. The molecule has 4 nitrogen and oxygen atoms in total. The van der Waals surface area contributed by atoms with Crippen molar-refractivity contribution in [1.82, 2.24) is 0 Å². The van der Waals surface area contributed by atoms with Gasteiger partial charge in [-0.2, -0.15) is 0 Å².